The molecule has 2 atom stereocenters. The van der Waals surface area contributed by atoms with Crippen molar-refractivity contribution in [1.29, 1.82) is 0 Å². The Morgan fingerprint density at radius 1 is 1.06 bits per heavy atom. The summed E-state index contributed by atoms with van der Waals surface area (Å²) in [6.07, 6.45) is -0.235. The molecule has 2 N–H and O–H groups in total. The minimum atomic E-state index is -3.86. The van der Waals surface area contributed by atoms with E-state index in [0.717, 1.165) is 5.56 Å². The minimum absolute atomic E-state index is 0.144. The number of ether oxygens (including phenoxy) is 2. The average Bonchev–Trinajstić information content (AvgIpc) is 2.64. The molecule has 8 nitrogen and oxygen atoms in total. The molecule has 9 heteroatoms. The third-order valence-electron chi connectivity index (χ3n) is 4.33. The van der Waals surface area contributed by atoms with Gasteiger partial charge in [0, 0.05) is 0 Å². The van der Waals surface area contributed by atoms with Gasteiger partial charge in [-0.05, 0) is 45.6 Å². The molecule has 0 fully saturated rings. The summed E-state index contributed by atoms with van der Waals surface area (Å²) in [5.74, 6) is -0.238. The van der Waals surface area contributed by atoms with Crippen LogP contribution in [0, 0.1) is 5.92 Å². The van der Waals surface area contributed by atoms with Crippen molar-refractivity contribution in [2.45, 2.75) is 71.5 Å². The van der Waals surface area contributed by atoms with Crippen molar-refractivity contribution in [1.82, 2.24) is 10.0 Å². The van der Waals surface area contributed by atoms with Gasteiger partial charge in [0.05, 0.1) is 24.4 Å². The van der Waals surface area contributed by atoms with Gasteiger partial charge < -0.3 is 14.8 Å². The number of hydrogen-bond donors (Lipinski definition) is 2. The lowest BCUT2D eigenvalue weighted by atomic mass is 10.0. The predicted octanol–water partition coefficient (Wildman–Crippen LogP) is 3.02. The number of carbonyl (C=O) groups is 2. The highest BCUT2D eigenvalue weighted by Crippen LogP contribution is 2.15. The molecule has 0 saturated carbocycles. The lowest BCUT2D eigenvalue weighted by molar-refractivity contribution is -0.122. The van der Waals surface area contributed by atoms with Crippen LogP contribution in [0.3, 0.4) is 0 Å². The Morgan fingerprint density at radius 3 is 2.23 bits per heavy atom. The first-order valence-corrected chi connectivity index (χ1v) is 12.0. The van der Waals surface area contributed by atoms with Gasteiger partial charge in [-0.2, -0.15) is 0 Å². The van der Waals surface area contributed by atoms with Crippen molar-refractivity contribution in [2.24, 2.45) is 5.92 Å². The second-order valence-corrected chi connectivity index (χ2v) is 11.1. The quantitative estimate of drug-likeness (QED) is 0.500. The lowest BCUT2D eigenvalue weighted by Gasteiger charge is -2.28. The van der Waals surface area contributed by atoms with Crippen molar-refractivity contribution in [3.05, 3.63) is 35.9 Å². The first-order valence-electron chi connectivity index (χ1n) is 10.4. The third-order valence-corrected chi connectivity index (χ3v) is 6.18. The monoisotopic (exact) mass is 456 g/mol. The minimum Gasteiger partial charge on any atom is -0.444 e. The second-order valence-electron chi connectivity index (χ2n) is 8.97. The smallest absolute Gasteiger partial charge is 0.407 e. The molecule has 176 valence electrons. The molecule has 0 radical (unpaired) electrons. The van der Waals surface area contributed by atoms with E-state index in [4.69, 9.17) is 9.47 Å². The Bertz CT molecular complexity index is 803. The van der Waals surface area contributed by atoms with Crippen LogP contribution in [0.1, 0.15) is 53.5 Å². The molecule has 0 heterocycles. The van der Waals surface area contributed by atoms with E-state index in [1.807, 2.05) is 44.2 Å². The number of hydrogen-bond acceptors (Lipinski definition) is 6. The molecule has 0 aliphatic heterocycles. The maximum absolute atomic E-state index is 12.7. The highest BCUT2D eigenvalue weighted by molar-refractivity contribution is 7.90. The largest absolute Gasteiger partial charge is 0.444 e. The summed E-state index contributed by atoms with van der Waals surface area (Å²) in [4.78, 5) is 24.2. The van der Waals surface area contributed by atoms with Gasteiger partial charge in [-0.1, -0.05) is 44.2 Å². The highest BCUT2D eigenvalue weighted by atomic mass is 32.2. The van der Waals surface area contributed by atoms with Gasteiger partial charge in [-0.25, -0.2) is 17.9 Å². The molecule has 1 aromatic rings. The van der Waals surface area contributed by atoms with Gasteiger partial charge in [-0.15, -0.1) is 0 Å². The van der Waals surface area contributed by atoms with Crippen molar-refractivity contribution >= 4 is 21.9 Å². The van der Waals surface area contributed by atoms with Crippen LogP contribution < -0.4 is 10.0 Å². The topological polar surface area (TPSA) is 111 Å². The number of Topliss-reactive ketones (excluding diaryl/α,β-unsaturated/α-hetero) is 1. The predicted molar refractivity (Wildman–Crippen MR) is 120 cm³/mol. The standard InChI is InChI=1S/C22H36N2O6S/c1-16(2)12-20(24-21(26)30-22(4,5)6)17(3)31(27,28)23-13-19(25)15-29-14-18-10-8-7-9-11-18/h7-11,16-17,20,23H,12-15H2,1-6H3,(H,24,26). The van der Waals surface area contributed by atoms with E-state index in [9.17, 15) is 18.0 Å². The maximum atomic E-state index is 12.7. The number of nitrogens with one attached hydrogen (secondary N) is 2. The zero-order chi connectivity index (χ0) is 23.7. The van der Waals surface area contributed by atoms with Crippen molar-refractivity contribution in [3.8, 4) is 0 Å². The van der Waals surface area contributed by atoms with Crippen LogP contribution in [-0.4, -0.2) is 50.3 Å². The Morgan fingerprint density at radius 2 is 1.68 bits per heavy atom. The first kappa shape index (κ1) is 27.1. The molecular formula is C22H36N2O6S. The lowest BCUT2D eigenvalue weighted by Crippen LogP contribution is -2.51. The molecule has 0 aromatic heterocycles. The highest BCUT2D eigenvalue weighted by Gasteiger charge is 2.32. The summed E-state index contributed by atoms with van der Waals surface area (Å²) in [6, 6.07) is 8.71. The molecule has 0 aliphatic rings. The summed E-state index contributed by atoms with van der Waals surface area (Å²) in [7, 11) is -3.86. The van der Waals surface area contributed by atoms with Crippen LogP contribution in [0.2, 0.25) is 0 Å². The molecule has 1 amide bonds. The molecule has 0 aliphatic carbocycles. The third kappa shape index (κ3) is 11.3. The molecule has 31 heavy (non-hydrogen) atoms. The van der Waals surface area contributed by atoms with E-state index in [2.05, 4.69) is 10.0 Å². The van der Waals surface area contributed by atoms with Crippen LogP contribution >= 0.6 is 0 Å². The number of amides is 1. The zero-order valence-electron chi connectivity index (χ0n) is 19.3. The fourth-order valence-corrected chi connectivity index (χ4v) is 4.01. The number of sulfonamides is 1. The van der Waals surface area contributed by atoms with Crippen molar-refractivity contribution in [3.63, 3.8) is 0 Å². The van der Waals surface area contributed by atoms with Crippen LogP contribution in [0.5, 0.6) is 0 Å². The van der Waals surface area contributed by atoms with E-state index >= 15 is 0 Å². The Balaban J connectivity index is 2.61. The van der Waals surface area contributed by atoms with Crippen LogP contribution in [0.25, 0.3) is 0 Å². The summed E-state index contributed by atoms with van der Waals surface area (Å²) in [5, 5.41) is 1.70. The number of benzene rings is 1. The molecule has 0 saturated heterocycles. The second kappa shape index (κ2) is 12.2. The number of ketones is 1. The SMILES string of the molecule is CC(C)CC(NC(=O)OC(C)(C)C)C(C)S(=O)(=O)NCC(=O)COCc1ccccc1. The van der Waals surface area contributed by atoms with Gasteiger partial charge in [0.2, 0.25) is 10.0 Å². The van der Waals surface area contributed by atoms with Gasteiger partial charge in [-0.3, -0.25) is 4.79 Å². The van der Waals surface area contributed by atoms with Crippen LogP contribution in [0.15, 0.2) is 30.3 Å². The van der Waals surface area contributed by atoms with E-state index in [1.165, 1.54) is 6.92 Å². The molecule has 0 bridgehead atoms. The van der Waals surface area contributed by atoms with Crippen molar-refractivity contribution in [2.75, 3.05) is 13.2 Å². The summed E-state index contributed by atoms with van der Waals surface area (Å²) >= 11 is 0. The average molecular weight is 457 g/mol. The fraction of sp³-hybridized carbons (Fsp3) is 0.636. The van der Waals surface area contributed by atoms with Gasteiger partial charge in [0.25, 0.3) is 0 Å². The number of alkyl carbamates (subject to hydrolysis) is 1. The summed E-state index contributed by atoms with van der Waals surface area (Å²) in [6.45, 7) is 10.3. The maximum Gasteiger partial charge on any atom is 0.407 e. The van der Waals surface area contributed by atoms with Crippen molar-refractivity contribution < 1.29 is 27.5 Å². The normalized spacial score (nSPS) is 14.2. The van der Waals surface area contributed by atoms with E-state index in [-0.39, 0.29) is 31.5 Å². The Kier molecular flexibility index (Phi) is 10.6. The Labute approximate surface area is 186 Å². The van der Waals surface area contributed by atoms with E-state index < -0.39 is 33.0 Å². The Hall–Kier alpha value is -1.97. The first-order chi connectivity index (χ1) is 14.3. The number of rotatable bonds is 12. The summed E-state index contributed by atoms with van der Waals surface area (Å²) < 4.78 is 38.4. The molecule has 2 unspecified atom stereocenters. The van der Waals surface area contributed by atoms with Gasteiger partial charge >= 0.3 is 6.09 Å². The summed E-state index contributed by atoms with van der Waals surface area (Å²) in [5.41, 5.74) is 0.230. The molecule has 1 aromatic carbocycles. The van der Waals surface area contributed by atoms with E-state index in [1.54, 1.807) is 20.8 Å². The van der Waals surface area contributed by atoms with Crippen LogP contribution in [-0.2, 0) is 30.9 Å². The van der Waals surface area contributed by atoms with Crippen LogP contribution in [0.4, 0.5) is 4.79 Å². The molecular weight excluding hydrogens is 420 g/mol. The molecule has 1 rings (SSSR count). The zero-order valence-corrected chi connectivity index (χ0v) is 20.1. The van der Waals surface area contributed by atoms with Gasteiger partial charge in [0.1, 0.15) is 12.2 Å². The number of carbonyl (C=O) groups excluding carboxylic acids is 2. The van der Waals surface area contributed by atoms with Gasteiger partial charge in [0.15, 0.2) is 5.78 Å². The van der Waals surface area contributed by atoms with E-state index in [0.29, 0.717) is 6.42 Å². The molecule has 0 spiro atoms. The fourth-order valence-electron chi connectivity index (χ4n) is 2.77.